The normalized spacial score (nSPS) is 15.6. The number of aromatic nitrogens is 2. The zero-order chi connectivity index (χ0) is 24.9. The highest BCUT2D eigenvalue weighted by Crippen LogP contribution is 2.42. The van der Waals surface area contributed by atoms with E-state index in [9.17, 15) is 9.59 Å². The molecular formula is C27H27N3O4S. The van der Waals surface area contributed by atoms with Crippen molar-refractivity contribution in [2.45, 2.75) is 52.5 Å². The van der Waals surface area contributed by atoms with Crippen molar-refractivity contribution in [3.05, 3.63) is 80.1 Å². The summed E-state index contributed by atoms with van der Waals surface area (Å²) in [4.78, 5) is 29.0. The smallest absolute Gasteiger partial charge is 0.297 e. The van der Waals surface area contributed by atoms with Crippen LogP contribution in [0.4, 0.5) is 5.13 Å². The van der Waals surface area contributed by atoms with Crippen molar-refractivity contribution in [3.63, 3.8) is 0 Å². The quantitative estimate of drug-likeness (QED) is 0.360. The van der Waals surface area contributed by atoms with Crippen molar-refractivity contribution in [1.82, 2.24) is 10.2 Å². The molecule has 1 amide bonds. The number of fused-ring (bicyclic) bond motifs is 2. The van der Waals surface area contributed by atoms with Crippen LogP contribution in [0.25, 0.3) is 11.0 Å². The van der Waals surface area contributed by atoms with Crippen LogP contribution >= 0.6 is 11.3 Å². The summed E-state index contributed by atoms with van der Waals surface area (Å²) in [5.41, 5.74) is 2.37. The first-order valence-electron chi connectivity index (χ1n) is 11.7. The van der Waals surface area contributed by atoms with Gasteiger partial charge in [0.15, 0.2) is 5.43 Å². The number of carbonyl (C=O) groups excluding carboxylic acids is 1. The van der Waals surface area contributed by atoms with E-state index in [-0.39, 0.29) is 16.6 Å². The molecule has 1 aliphatic heterocycles. The van der Waals surface area contributed by atoms with Gasteiger partial charge in [-0.25, -0.2) is 0 Å². The molecule has 0 bridgehead atoms. The zero-order valence-corrected chi connectivity index (χ0v) is 21.2. The molecule has 1 aliphatic rings. The number of amides is 1. The van der Waals surface area contributed by atoms with Crippen molar-refractivity contribution in [2.24, 2.45) is 0 Å². The number of hydrogen-bond donors (Lipinski definition) is 0. The SMILES string of the molecule is CCOc1ccc2c(=O)c3c(oc2c1)C(=O)N(c1nnc(CC)s1)C3c1ccc(C(C)(C)C)cc1. The summed E-state index contributed by atoms with van der Waals surface area (Å²) in [6.45, 7) is 10.8. The molecule has 180 valence electrons. The molecule has 0 N–H and O–H groups in total. The van der Waals surface area contributed by atoms with Gasteiger partial charge in [-0.3, -0.25) is 14.5 Å². The molecule has 8 heteroatoms. The molecule has 0 radical (unpaired) electrons. The molecule has 35 heavy (non-hydrogen) atoms. The number of nitrogens with zero attached hydrogens (tertiary/aromatic N) is 3. The van der Waals surface area contributed by atoms with Gasteiger partial charge in [-0.1, -0.05) is 63.3 Å². The summed E-state index contributed by atoms with van der Waals surface area (Å²) in [5, 5.41) is 10.2. The Labute approximate surface area is 207 Å². The number of carbonyl (C=O) groups is 1. The second kappa shape index (κ2) is 8.61. The Balaban J connectivity index is 1.73. The van der Waals surface area contributed by atoms with Crippen molar-refractivity contribution in [2.75, 3.05) is 11.5 Å². The number of rotatable bonds is 5. The molecule has 2 aromatic carbocycles. The molecule has 0 saturated heterocycles. The Morgan fingerprint density at radius 2 is 1.80 bits per heavy atom. The van der Waals surface area contributed by atoms with Gasteiger partial charge in [-0.05, 0) is 42.0 Å². The minimum atomic E-state index is -0.656. The molecule has 3 heterocycles. The fourth-order valence-electron chi connectivity index (χ4n) is 4.37. The van der Waals surface area contributed by atoms with Crippen molar-refractivity contribution in [1.29, 1.82) is 0 Å². The Hall–Kier alpha value is -3.52. The topological polar surface area (TPSA) is 85.5 Å². The van der Waals surface area contributed by atoms with E-state index in [4.69, 9.17) is 9.15 Å². The van der Waals surface area contributed by atoms with Gasteiger partial charge >= 0.3 is 0 Å². The van der Waals surface area contributed by atoms with Gasteiger partial charge in [0.2, 0.25) is 10.9 Å². The lowest BCUT2D eigenvalue weighted by molar-refractivity contribution is 0.0970. The van der Waals surface area contributed by atoms with E-state index in [2.05, 4.69) is 31.0 Å². The first-order valence-corrected chi connectivity index (χ1v) is 12.5. The van der Waals surface area contributed by atoms with Gasteiger partial charge in [-0.15, -0.1) is 10.2 Å². The van der Waals surface area contributed by atoms with E-state index in [0.717, 1.165) is 16.1 Å². The highest BCUT2D eigenvalue weighted by atomic mass is 32.1. The van der Waals surface area contributed by atoms with Gasteiger partial charge in [0, 0.05) is 6.07 Å². The van der Waals surface area contributed by atoms with Gasteiger partial charge in [0.25, 0.3) is 5.91 Å². The molecule has 0 fully saturated rings. The van der Waals surface area contributed by atoms with Crippen LogP contribution in [-0.2, 0) is 11.8 Å². The second-order valence-electron chi connectivity index (χ2n) is 9.55. The van der Waals surface area contributed by atoms with E-state index >= 15 is 0 Å². The van der Waals surface area contributed by atoms with Gasteiger partial charge in [0.05, 0.1) is 23.6 Å². The Bertz CT molecular complexity index is 1480. The molecule has 2 aromatic heterocycles. The highest BCUT2D eigenvalue weighted by Gasteiger charge is 2.45. The molecule has 4 aromatic rings. The van der Waals surface area contributed by atoms with Gasteiger partial charge in [-0.2, -0.15) is 0 Å². The molecular weight excluding hydrogens is 462 g/mol. The van der Waals surface area contributed by atoms with Crippen LogP contribution in [0, 0.1) is 0 Å². The third kappa shape index (κ3) is 3.91. The van der Waals surface area contributed by atoms with Crippen LogP contribution in [0.15, 0.2) is 51.7 Å². The van der Waals surface area contributed by atoms with Crippen LogP contribution in [0.1, 0.15) is 72.9 Å². The summed E-state index contributed by atoms with van der Waals surface area (Å²) < 4.78 is 11.6. The fourth-order valence-corrected chi connectivity index (χ4v) is 5.18. The number of ether oxygens (including phenoxy) is 1. The van der Waals surface area contributed by atoms with E-state index in [0.29, 0.717) is 40.4 Å². The van der Waals surface area contributed by atoms with E-state index in [1.807, 2.05) is 38.1 Å². The van der Waals surface area contributed by atoms with Crippen molar-refractivity contribution < 1.29 is 13.9 Å². The lowest BCUT2D eigenvalue weighted by Gasteiger charge is -2.24. The zero-order valence-electron chi connectivity index (χ0n) is 20.4. The van der Waals surface area contributed by atoms with Crippen LogP contribution in [-0.4, -0.2) is 22.7 Å². The molecule has 0 spiro atoms. The average molecular weight is 490 g/mol. The monoisotopic (exact) mass is 489 g/mol. The first-order chi connectivity index (χ1) is 16.7. The number of anilines is 1. The summed E-state index contributed by atoms with van der Waals surface area (Å²) in [5.74, 6) is 0.218. The highest BCUT2D eigenvalue weighted by molar-refractivity contribution is 7.15. The number of hydrogen-bond acceptors (Lipinski definition) is 7. The van der Waals surface area contributed by atoms with Gasteiger partial charge in [0.1, 0.15) is 16.3 Å². The summed E-state index contributed by atoms with van der Waals surface area (Å²) in [6.07, 6.45) is 0.707. The van der Waals surface area contributed by atoms with E-state index in [1.54, 1.807) is 23.1 Å². The first kappa shape index (κ1) is 23.2. The maximum Gasteiger partial charge on any atom is 0.297 e. The molecule has 0 aliphatic carbocycles. The van der Waals surface area contributed by atoms with Crippen LogP contribution in [0.3, 0.4) is 0 Å². The van der Waals surface area contributed by atoms with Crippen LogP contribution in [0.2, 0.25) is 0 Å². The maximum atomic E-state index is 13.8. The predicted octanol–water partition coefficient (Wildman–Crippen LogP) is 5.65. The van der Waals surface area contributed by atoms with E-state index in [1.165, 1.54) is 11.3 Å². The predicted molar refractivity (Wildman–Crippen MR) is 137 cm³/mol. The third-order valence-corrected chi connectivity index (χ3v) is 7.28. The molecule has 5 rings (SSSR count). The van der Waals surface area contributed by atoms with Crippen molar-refractivity contribution >= 4 is 33.3 Å². The Kier molecular flexibility index (Phi) is 5.71. The number of benzene rings is 2. The summed E-state index contributed by atoms with van der Waals surface area (Å²) in [7, 11) is 0. The minimum absolute atomic E-state index is 0.0234. The molecule has 1 unspecified atom stereocenters. The molecule has 0 saturated carbocycles. The van der Waals surface area contributed by atoms with Crippen LogP contribution < -0.4 is 15.1 Å². The second-order valence-corrected chi connectivity index (χ2v) is 10.6. The average Bonchev–Trinajstić information content (AvgIpc) is 3.41. The summed E-state index contributed by atoms with van der Waals surface area (Å²) >= 11 is 1.35. The Morgan fingerprint density at radius 1 is 1.06 bits per heavy atom. The largest absolute Gasteiger partial charge is 0.494 e. The number of aryl methyl sites for hydroxylation is 1. The lowest BCUT2D eigenvalue weighted by atomic mass is 9.86. The lowest BCUT2D eigenvalue weighted by Crippen LogP contribution is -2.29. The minimum Gasteiger partial charge on any atom is -0.494 e. The third-order valence-electron chi connectivity index (χ3n) is 6.21. The van der Waals surface area contributed by atoms with E-state index < -0.39 is 11.9 Å². The van der Waals surface area contributed by atoms with Crippen molar-refractivity contribution in [3.8, 4) is 5.75 Å². The summed E-state index contributed by atoms with van der Waals surface area (Å²) in [6, 6.07) is 12.5. The van der Waals surface area contributed by atoms with Crippen LogP contribution in [0.5, 0.6) is 5.75 Å². The Morgan fingerprint density at radius 3 is 2.43 bits per heavy atom. The maximum absolute atomic E-state index is 13.8. The molecule has 1 atom stereocenters. The van der Waals surface area contributed by atoms with Gasteiger partial charge < -0.3 is 9.15 Å². The standard InChI is InChI=1S/C27H27N3O4S/c1-6-20-28-29-26(35-20)30-22(15-8-10-16(11-9-15)27(3,4)5)21-23(31)18-13-12-17(33-7-2)14-19(18)34-24(21)25(30)32/h8-14,22H,6-7H2,1-5H3. The fraction of sp³-hybridized carbons (Fsp3) is 0.333. The molecule has 7 nitrogen and oxygen atoms in total.